The van der Waals surface area contributed by atoms with E-state index in [1.54, 1.807) is 0 Å². The van der Waals surface area contributed by atoms with Crippen LogP contribution in [0, 0.1) is 13.8 Å². The van der Waals surface area contributed by atoms with Crippen LogP contribution in [0.4, 0.5) is 10.8 Å². The Morgan fingerprint density at radius 1 is 1.40 bits per heavy atom. The largest absolute Gasteiger partial charge is 0.481 e. The molecule has 2 rings (SSSR count). The van der Waals surface area contributed by atoms with Crippen molar-refractivity contribution in [3.63, 3.8) is 0 Å². The summed E-state index contributed by atoms with van der Waals surface area (Å²) in [6.07, 6.45) is 0. The highest BCUT2D eigenvalue weighted by Gasteiger charge is 2.13. The third kappa shape index (κ3) is 3.49. The van der Waals surface area contributed by atoms with Gasteiger partial charge >= 0.3 is 5.97 Å². The van der Waals surface area contributed by atoms with Crippen LogP contribution in [0.5, 0.6) is 0 Å². The lowest BCUT2D eigenvalue weighted by Crippen LogP contribution is -2.10. The number of benzene rings is 1. The van der Waals surface area contributed by atoms with Gasteiger partial charge in [-0.2, -0.15) is 0 Å². The third-order valence-electron chi connectivity index (χ3n) is 2.72. The molecule has 7 heteroatoms. The van der Waals surface area contributed by atoms with Crippen molar-refractivity contribution < 1.29 is 9.90 Å². The van der Waals surface area contributed by atoms with Crippen LogP contribution in [0.2, 0.25) is 0 Å². The summed E-state index contributed by atoms with van der Waals surface area (Å²) in [6.45, 7) is 4.11. The van der Waals surface area contributed by atoms with Crippen LogP contribution in [0.15, 0.2) is 22.5 Å². The number of aromatic nitrogens is 2. The van der Waals surface area contributed by atoms with E-state index in [0.29, 0.717) is 4.34 Å². The van der Waals surface area contributed by atoms with E-state index in [0.717, 1.165) is 10.8 Å². The fraction of sp³-hybridized carbons (Fsp3) is 0.308. The maximum Gasteiger partial charge on any atom is 0.313 e. The van der Waals surface area contributed by atoms with Gasteiger partial charge in [-0.05, 0) is 25.5 Å². The fourth-order valence-electron chi connectivity index (χ4n) is 1.80. The number of nitrogens with zero attached hydrogens (tertiary/aromatic N) is 3. The Hall–Kier alpha value is -1.60. The first-order valence-corrected chi connectivity index (χ1v) is 7.76. The lowest BCUT2D eigenvalue weighted by atomic mass is 10.1. The monoisotopic (exact) mass is 309 g/mol. The average molecular weight is 309 g/mol. The van der Waals surface area contributed by atoms with Gasteiger partial charge < -0.3 is 10.0 Å². The summed E-state index contributed by atoms with van der Waals surface area (Å²) in [5.41, 5.74) is 3.46. The normalized spacial score (nSPS) is 10.6. The van der Waals surface area contributed by atoms with Gasteiger partial charge in [-0.3, -0.25) is 4.79 Å². The molecular formula is C13H15N3O2S2. The average Bonchev–Trinajstić information content (AvgIpc) is 2.84. The summed E-state index contributed by atoms with van der Waals surface area (Å²) >= 11 is 2.58. The molecule has 0 fully saturated rings. The molecule has 0 aliphatic heterocycles. The number of carboxylic acid groups (broad SMARTS) is 1. The van der Waals surface area contributed by atoms with Crippen LogP contribution in [-0.4, -0.2) is 34.1 Å². The molecule has 1 aromatic carbocycles. The van der Waals surface area contributed by atoms with Gasteiger partial charge in [0.15, 0.2) is 4.34 Å². The predicted octanol–water partition coefficient (Wildman–Crippen LogP) is 3.10. The molecule has 5 nitrogen and oxygen atoms in total. The summed E-state index contributed by atoms with van der Waals surface area (Å²) in [5.74, 6) is -0.850. The van der Waals surface area contributed by atoms with E-state index in [1.807, 2.05) is 11.9 Å². The molecule has 2 aromatic rings. The highest BCUT2D eigenvalue weighted by Crippen LogP contribution is 2.32. The van der Waals surface area contributed by atoms with Crippen molar-refractivity contribution in [1.29, 1.82) is 0 Å². The zero-order valence-corrected chi connectivity index (χ0v) is 13.1. The Morgan fingerprint density at radius 2 is 2.15 bits per heavy atom. The van der Waals surface area contributed by atoms with Crippen LogP contribution < -0.4 is 4.90 Å². The van der Waals surface area contributed by atoms with Crippen LogP contribution in [0.1, 0.15) is 11.1 Å². The first kappa shape index (κ1) is 14.8. The van der Waals surface area contributed by atoms with Gasteiger partial charge in [0.05, 0.1) is 5.75 Å². The summed E-state index contributed by atoms with van der Waals surface area (Å²) in [5, 5.41) is 17.5. The highest BCUT2D eigenvalue weighted by atomic mass is 32.2. The summed E-state index contributed by atoms with van der Waals surface area (Å²) < 4.78 is 0.666. The molecule has 1 N–H and O–H groups in total. The quantitative estimate of drug-likeness (QED) is 0.856. The summed E-state index contributed by atoms with van der Waals surface area (Å²) in [4.78, 5) is 12.5. The minimum Gasteiger partial charge on any atom is -0.481 e. The maximum absolute atomic E-state index is 10.5. The molecule has 0 radical (unpaired) electrons. The Kier molecular flexibility index (Phi) is 4.61. The minimum absolute atomic E-state index is 0.00189. The lowest BCUT2D eigenvalue weighted by molar-refractivity contribution is -0.133. The van der Waals surface area contributed by atoms with Crippen LogP contribution in [0.25, 0.3) is 0 Å². The Bertz CT molecular complexity index is 628. The molecule has 0 amide bonds. The second-order valence-corrected chi connectivity index (χ2v) is 6.56. The number of rotatable bonds is 5. The third-order valence-corrected chi connectivity index (χ3v) is 4.83. The van der Waals surface area contributed by atoms with E-state index in [4.69, 9.17) is 5.11 Å². The first-order valence-electron chi connectivity index (χ1n) is 5.96. The standard InChI is InChI=1S/C13H15N3O2S2/c1-8-4-5-10(9(2)6-8)16(3)12-14-15-13(20-12)19-7-11(17)18/h4-6H,7H2,1-3H3,(H,17,18). The predicted molar refractivity (Wildman–Crippen MR) is 82.2 cm³/mol. The second-order valence-electron chi connectivity index (χ2n) is 4.38. The molecule has 0 aliphatic rings. The van der Waals surface area contributed by atoms with Crippen molar-refractivity contribution in [3.8, 4) is 0 Å². The van der Waals surface area contributed by atoms with E-state index in [2.05, 4.69) is 42.2 Å². The SMILES string of the molecule is Cc1ccc(N(C)c2nnc(SCC(=O)O)s2)c(C)c1. The lowest BCUT2D eigenvalue weighted by Gasteiger charge is -2.18. The minimum atomic E-state index is -0.852. The fourth-order valence-corrected chi connectivity index (χ4v) is 3.34. The molecule has 0 spiro atoms. The molecule has 1 aromatic heterocycles. The van der Waals surface area contributed by atoms with Crippen molar-refractivity contribution in [3.05, 3.63) is 29.3 Å². The van der Waals surface area contributed by atoms with Gasteiger partial charge in [0, 0.05) is 12.7 Å². The number of aryl methyl sites for hydroxylation is 2. The number of hydrogen-bond acceptors (Lipinski definition) is 6. The van der Waals surface area contributed by atoms with Crippen LogP contribution in [-0.2, 0) is 4.79 Å². The van der Waals surface area contributed by atoms with Crippen molar-refractivity contribution in [2.24, 2.45) is 0 Å². The van der Waals surface area contributed by atoms with Crippen LogP contribution >= 0.6 is 23.1 Å². The van der Waals surface area contributed by atoms with Crippen molar-refractivity contribution >= 4 is 39.9 Å². The maximum atomic E-state index is 10.5. The van der Waals surface area contributed by atoms with Gasteiger partial charge in [0.1, 0.15) is 0 Å². The number of thioether (sulfide) groups is 1. The van der Waals surface area contributed by atoms with E-state index >= 15 is 0 Å². The summed E-state index contributed by atoms with van der Waals surface area (Å²) in [6, 6.07) is 6.23. The Balaban J connectivity index is 2.16. The molecular weight excluding hydrogens is 294 g/mol. The Labute approximate surface area is 125 Å². The second kappa shape index (κ2) is 6.23. The van der Waals surface area contributed by atoms with E-state index in [-0.39, 0.29) is 5.75 Å². The zero-order valence-electron chi connectivity index (χ0n) is 11.5. The van der Waals surface area contributed by atoms with Gasteiger partial charge in [-0.25, -0.2) is 0 Å². The van der Waals surface area contributed by atoms with E-state index in [9.17, 15) is 4.79 Å². The smallest absolute Gasteiger partial charge is 0.313 e. The molecule has 0 atom stereocenters. The molecule has 0 aliphatic carbocycles. The van der Waals surface area contributed by atoms with Gasteiger partial charge in [-0.15, -0.1) is 10.2 Å². The van der Waals surface area contributed by atoms with E-state index < -0.39 is 5.97 Å². The topological polar surface area (TPSA) is 66.3 Å². The van der Waals surface area contributed by atoms with Gasteiger partial charge in [-0.1, -0.05) is 40.8 Å². The molecule has 0 saturated carbocycles. The number of carbonyl (C=O) groups is 1. The van der Waals surface area contributed by atoms with Crippen LogP contribution in [0.3, 0.4) is 0 Å². The molecule has 20 heavy (non-hydrogen) atoms. The zero-order chi connectivity index (χ0) is 14.7. The summed E-state index contributed by atoms with van der Waals surface area (Å²) in [7, 11) is 1.93. The van der Waals surface area contributed by atoms with Crippen molar-refractivity contribution in [2.75, 3.05) is 17.7 Å². The number of carboxylic acids is 1. The highest BCUT2D eigenvalue weighted by molar-refractivity contribution is 8.01. The van der Waals surface area contributed by atoms with Gasteiger partial charge in [0.2, 0.25) is 5.13 Å². The number of hydrogen-bond donors (Lipinski definition) is 1. The number of anilines is 2. The van der Waals surface area contributed by atoms with Crippen molar-refractivity contribution in [1.82, 2.24) is 10.2 Å². The van der Waals surface area contributed by atoms with E-state index in [1.165, 1.54) is 34.2 Å². The van der Waals surface area contributed by atoms with Gasteiger partial charge in [0.25, 0.3) is 0 Å². The Morgan fingerprint density at radius 3 is 2.80 bits per heavy atom. The molecule has 0 bridgehead atoms. The van der Waals surface area contributed by atoms with Crippen molar-refractivity contribution in [2.45, 2.75) is 18.2 Å². The number of aliphatic carboxylic acids is 1. The molecule has 1 heterocycles. The molecule has 0 saturated heterocycles. The molecule has 0 unspecified atom stereocenters. The molecule has 106 valence electrons. The first-order chi connectivity index (χ1) is 9.47.